The molecular formula is C13H16FNO5. The first-order valence-corrected chi connectivity index (χ1v) is 5.93. The first kappa shape index (κ1) is 15.9. The summed E-state index contributed by atoms with van der Waals surface area (Å²) in [5.74, 6) is -1.60. The molecule has 0 spiro atoms. The fourth-order valence-electron chi connectivity index (χ4n) is 1.35. The van der Waals surface area contributed by atoms with Crippen LogP contribution in [0.4, 0.5) is 10.1 Å². The van der Waals surface area contributed by atoms with Crippen molar-refractivity contribution in [1.82, 2.24) is 0 Å². The first-order chi connectivity index (χ1) is 9.10. The zero-order valence-electron chi connectivity index (χ0n) is 11.7. The second kappa shape index (κ2) is 5.85. The lowest BCUT2D eigenvalue weighted by molar-refractivity contribution is -0.387. The van der Waals surface area contributed by atoms with E-state index in [4.69, 9.17) is 9.47 Å². The fraction of sp³-hybridized carbons (Fsp3) is 0.462. The summed E-state index contributed by atoms with van der Waals surface area (Å²) in [6.45, 7) is 6.59. The van der Waals surface area contributed by atoms with E-state index >= 15 is 0 Å². The van der Waals surface area contributed by atoms with Crippen LogP contribution in [0.25, 0.3) is 0 Å². The van der Waals surface area contributed by atoms with E-state index in [0.717, 1.165) is 12.1 Å². The number of hydrogen-bond acceptors (Lipinski definition) is 5. The number of ether oxygens (including phenoxy) is 2. The molecule has 1 aromatic carbocycles. The molecule has 0 amide bonds. The Hall–Kier alpha value is -2.18. The molecule has 1 atom stereocenters. The van der Waals surface area contributed by atoms with Gasteiger partial charge in [0.15, 0.2) is 6.10 Å². The minimum absolute atomic E-state index is 0.0199. The van der Waals surface area contributed by atoms with Crippen LogP contribution in [0.2, 0.25) is 0 Å². The van der Waals surface area contributed by atoms with Crippen LogP contribution in [0, 0.1) is 15.9 Å². The summed E-state index contributed by atoms with van der Waals surface area (Å²) in [6.07, 6.45) is -0.949. The Bertz CT molecular complexity index is 524. The van der Waals surface area contributed by atoms with Gasteiger partial charge in [0.2, 0.25) is 5.82 Å². The Labute approximate surface area is 115 Å². The van der Waals surface area contributed by atoms with Crippen LogP contribution >= 0.6 is 0 Å². The number of benzene rings is 1. The van der Waals surface area contributed by atoms with Crippen LogP contribution < -0.4 is 4.74 Å². The number of nitrogens with zero attached hydrogens (tertiary/aromatic N) is 1. The van der Waals surface area contributed by atoms with E-state index in [1.165, 1.54) is 13.0 Å². The molecule has 0 bridgehead atoms. The zero-order valence-corrected chi connectivity index (χ0v) is 11.7. The summed E-state index contributed by atoms with van der Waals surface area (Å²) >= 11 is 0. The molecule has 0 aliphatic heterocycles. The van der Waals surface area contributed by atoms with Crippen molar-refractivity contribution in [2.75, 3.05) is 0 Å². The fourth-order valence-corrected chi connectivity index (χ4v) is 1.35. The summed E-state index contributed by atoms with van der Waals surface area (Å²) in [4.78, 5) is 21.3. The van der Waals surface area contributed by atoms with Gasteiger partial charge in [-0.2, -0.15) is 4.39 Å². The molecular weight excluding hydrogens is 269 g/mol. The lowest BCUT2D eigenvalue weighted by atomic mass is 10.2. The van der Waals surface area contributed by atoms with Gasteiger partial charge in [-0.25, -0.2) is 4.79 Å². The minimum Gasteiger partial charge on any atom is -0.479 e. The van der Waals surface area contributed by atoms with E-state index in [1.54, 1.807) is 20.8 Å². The average Bonchev–Trinajstić information content (AvgIpc) is 2.26. The highest BCUT2D eigenvalue weighted by Crippen LogP contribution is 2.23. The molecule has 1 rings (SSSR count). The van der Waals surface area contributed by atoms with Gasteiger partial charge in [0.25, 0.3) is 0 Å². The second-order valence-electron chi connectivity index (χ2n) is 5.16. The van der Waals surface area contributed by atoms with Crippen LogP contribution in [-0.2, 0) is 9.53 Å². The van der Waals surface area contributed by atoms with E-state index < -0.39 is 34.1 Å². The second-order valence-corrected chi connectivity index (χ2v) is 5.16. The Morgan fingerprint density at radius 1 is 1.40 bits per heavy atom. The number of carbonyl (C=O) groups excluding carboxylic acids is 1. The van der Waals surface area contributed by atoms with Crippen LogP contribution in [-0.4, -0.2) is 22.6 Å². The summed E-state index contributed by atoms with van der Waals surface area (Å²) < 4.78 is 23.7. The maximum Gasteiger partial charge on any atom is 0.347 e. The molecule has 110 valence electrons. The quantitative estimate of drug-likeness (QED) is 0.483. The molecule has 0 fully saturated rings. The molecule has 1 unspecified atom stereocenters. The van der Waals surface area contributed by atoms with Crippen molar-refractivity contribution in [2.24, 2.45) is 0 Å². The number of carbonyl (C=O) groups is 1. The lowest BCUT2D eigenvalue weighted by Crippen LogP contribution is -2.33. The van der Waals surface area contributed by atoms with Crippen molar-refractivity contribution in [3.05, 3.63) is 34.1 Å². The maximum atomic E-state index is 13.4. The predicted octanol–water partition coefficient (Wildman–Crippen LogP) is 2.84. The average molecular weight is 285 g/mol. The van der Waals surface area contributed by atoms with Gasteiger partial charge in [-0.1, -0.05) is 0 Å². The molecule has 0 heterocycles. The lowest BCUT2D eigenvalue weighted by Gasteiger charge is -2.22. The molecule has 0 aliphatic carbocycles. The normalized spacial score (nSPS) is 12.7. The van der Waals surface area contributed by atoms with Gasteiger partial charge in [0.1, 0.15) is 11.4 Å². The topological polar surface area (TPSA) is 78.7 Å². The number of nitro benzene ring substituents is 1. The van der Waals surface area contributed by atoms with Gasteiger partial charge < -0.3 is 9.47 Å². The Kier molecular flexibility index (Phi) is 4.65. The smallest absolute Gasteiger partial charge is 0.347 e. The van der Waals surface area contributed by atoms with Crippen molar-refractivity contribution in [1.29, 1.82) is 0 Å². The molecule has 6 nitrogen and oxygen atoms in total. The highest BCUT2D eigenvalue weighted by atomic mass is 19.1. The third-order valence-corrected chi connectivity index (χ3v) is 2.17. The number of halogens is 1. The van der Waals surface area contributed by atoms with E-state index in [-0.39, 0.29) is 5.75 Å². The molecule has 7 heteroatoms. The summed E-state index contributed by atoms with van der Waals surface area (Å²) in [6, 6.07) is 3.06. The summed E-state index contributed by atoms with van der Waals surface area (Å²) in [5, 5.41) is 10.5. The van der Waals surface area contributed by atoms with Crippen molar-refractivity contribution >= 4 is 11.7 Å². The molecule has 0 aliphatic rings. The number of hydrogen-bond donors (Lipinski definition) is 0. The van der Waals surface area contributed by atoms with E-state index in [0.29, 0.717) is 0 Å². The third kappa shape index (κ3) is 4.49. The van der Waals surface area contributed by atoms with Crippen LogP contribution in [0.15, 0.2) is 18.2 Å². The summed E-state index contributed by atoms with van der Waals surface area (Å²) in [5.41, 5.74) is -1.31. The highest BCUT2D eigenvalue weighted by Gasteiger charge is 2.24. The van der Waals surface area contributed by atoms with Crippen molar-refractivity contribution in [3.63, 3.8) is 0 Å². The number of nitro groups is 1. The standard InChI is InChI=1S/C13H16FNO5/c1-8(12(16)20-13(2,3)4)19-9-5-6-11(15(17)18)10(14)7-9/h5-8H,1-4H3. The molecule has 0 aromatic heterocycles. The number of esters is 1. The van der Waals surface area contributed by atoms with Gasteiger partial charge >= 0.3 is 11.7 Å². The third-order valence-electron chi connectivity index (χ3n) is 2.17. The van der Waals surface area contributed by atoms with Crippen LogP contribution in [0.3, 0.4) is 0 Å². The Morgan fingerprint density at radius 3 is 2.45 bits per heavy atom. The van der Waals surface area contributed by atoms with Crippen molar-refractivity contribution in [2.45, 2.75) is 39.4 Å². The van der Waals surface area contributed by atoms with Crippen molar-refractivity contribution in [3.8, 4) is 5.75 Å². The minimum atomic E-state index is -1.02. The number of rotatable bonds is 4. The Balaban J connectivity index is 2.76. The van der Waals surface area contributed by atoms with Crippen molar-refractivity contribution < 1.29 is 23.6 Å². The van der Waals surface area contributed by atoms with Gasteiger partial charge in [-0.3, -0.25) is 10.1 Å². The molecule has 0 N–H and O–H groups in total. The highest BCUT2D eigenvalue weighted by molar-refractivity contribution is 5.75. The monoisotopic (exact) mass is 285 g/mol. The molecule has 1 aromatic rings. The molecule has 0 saturated carbocycles. The zero-order chi connectivity index (χ0) is 15.5. The molecule has 0 radical (unpaired) electrons. The predicted molar refractivity (Wildman–Crippen MR) is 69.0 cm³/mol. The van der Waals surface area contributed by atoms with Gasteiger partial charge in [-0.15, -0.1) is 0 Å². The van der Waals surface area contributed by atoms with E-state index in [2.05, 4.69) is 0 Å². The largest absolute Gasteiger partial charge is 0.479 e. The Morgan fingerprint density at radius 2 is 2.00 bits per heavy atom. The van der Waals surface area contributed by atoms with Crippen LogP contribution in [0.5, 0.6) is 5.75 Å². The SMILES string of the molecule is CC(Oc1ccc([N+](=O)[O-])c(F)c1)C(=O)OC(C)(C)C. The summed E-state index contributed by atoms with van der Waals surface area (Å²) in [7, 11) is 0. The van der Waals surface area contributed by atoms with Gasteiger partial charge in [-0.05, 0) is 33.8 Å². The molecule has 0 saturated heterocycles. The van der Waals surface area contributed by atoms with Gasteiger partial charge in [0, 0.05) is 12.1 Å². The van der Waals surface area contributed by atoms with Crippen LogP contribution in [0.1, 0.15) is 27.7 Å². The first-order valence-electron chi connectivity index (χ1n) is 5.93. The maximum absolute atomic E-state index is 13.4. The van der Waals surface area contributed by atoms with E-state index in [9.17, 15) is 19.3 Å². The van der Waals surface area contributed by atoms with Gasteiger partial charge in [0.05, 0.1) is 4.92 Å². The molecule has 20 heavy (non-hydrogen) atoms. The van der Waals surface area contributed by atoms with E-state index in [1.807, 2.05) is 0 Å².